The van der Waals surface area contributed by atoms with Gasteiger partial charge in [-0.2, -0.15) is 5.26 Å². The van der Waals surface area contributed by atoms with Crippen molar-refractivity contribution in [1.29, 1.82) is 5.26 Å². The van der Waals surface area contributed by atoms with E-state index in [2.05, 4.69) is 30.2 Å². The zero-order chi connectivity index (χ0) is 36.2. The number of aryl methyl sites for hydroxylation is 1. The molecule has 252 valence electrons. The first kappa shape index (κ1) is 48.1. The average Bonchev–Trinajstić information content (AvgIpc) is 3.02. The van der Waals surface area contributed by atoms with Crippen LogP contribution >= 0.6 is 11.6 Å². The second-order valence-electron chi connectivity index (χ2n) is 9.49. The molecule has 1 amide bonds. The van der Waals surface area contributed by atoms with Gasteiger partial charge in [0.2, 0.25) is 5.91 Å². The summed E-state index contributed by atoms with van der Waals surface area (Å²) in [6, 6.07) is 12.9. The third-order valence-electron chi connectivity index (χ3n) is 5.40. The van der Waals surface area contributed by atoms with E-state index < -0.39 is 17.3 Å². The molecule has 1 N–H and O–H groups in total. The van der Waals surface area contributed by atoms with E-state index in [1.54, 1.807) is 0 Å². The Hall–Kier alpha value is -3.77. The lowest BCUT2D eigenvalue weighted by atomic mass is 10.0. The molecule has 0 bridgehead atoms. The van der Waals surface area contributed by atoms with Gasteiger partial charge in [-0.15, -0.1) is 0 Å². The molecule has 0 aliphatic heterocycles. The quantitative estimate of drug-likeness (QED) is 0.287. The number of carbonyl (C=O) groups is 3. The van der Waals surface area contributed by atoms with Crippen LogP contribution < -0.4 is 5.32 Å². The Labute approximate surface area is 273 Å². The normalized spacial score (nSPS) is 10.6. The van der Waals surface area contributed by atoms with Crippen molar-refractivity contribution in [1.82, 2.24) is 5.32 Å². The predicted molar refractivity (Wildman–Crippen MR) is 181 cm³/mol. The lowest BCUT2D eigenvalue weighted by molar-refractivity contribution is -0.120. The highest BCUT2D eigenvalue weighted by Crippen LogP contribution is 2.30. The largest absolute Gasteiger partial charge is 0.356 e. The lowest BCUT2D eigenvalue weighted by Crippen LogP contribution is -2.25. The summed E-state index contributed by atoms with van der Waals surface area (Å²) in [5.74, 6) is -4.01. The molecule has 0 spiro atoms. The number of nitriles is 1. The van der Waals surface area contributed by atoms with Crippen LogP contribution in [0.4, 0.5) is 13.2 Å². The summed E-state index contributed by atoms with van der Waals surface area (Å²) >= 11 is 5.93. The number of carbonyl (C=O) groups excluding carboxylic acids is 3. The molecule has 0 saturated heterocycles. The van der Waals surface area contributed by atoms with Crippen LogP contribution in [0.25, 0.3) is 0 Å². The number of hydrogen-bond donors (Lipinski definition) is 1. The molecule has 1 unspecified atom stereocenters. The van der Waals surface area contributed by atoms with E-state index in [4.69, 9.17) is 26.5 Å². The Kier molecular flexibility index (Phi) is 31.0. The maximum absolute atomic E-state index is 13.2. The minimum absolute atomic E-state index is 0.0244. The number of allylic oxidation sites excluding steroid dienone is 2. The number of aliphatic imine (C=N–C) groups is 1. The van der Waals surface area contributed by atoms with Gasteiger partial charge < -0.3 is 14.9 Å². The Morgan fingerprint density at radius 3 is 1.93 bits per heavy atom. The van der Waals surface area contributed by atoms with E-state index in [1.807, 2.05) is 86.3 Å². The molecule has 2 aromatic rings. The van der Waals surface area contributed by atoms with Gasteiger partial charge in [-0.25, -0.2) is 13.2 Å². The first-order valence-corrected chi connectivity index (χ1v) is 14.9. The van der Waals surface area contributed by atoms with Crippen molar-refractivity contribution < 1.29 is 27.6 Å². The summed E-state index contributed by atoms with van der Waals surface area (Å²) < 4.78 is 39.4. The van der Waals surface area contributed by atoms with Crippen molar-refractivity contribution >= 4 is 36.8 Å². The van der Waals surface area contributed by atoms with Gasteiger partial charge in [0, 0.05) is 24.2 Å². The molecule has 0 aliphatic carbocycles. The van der Waals surface area contributed by atoms with Gasteiger partial charge in [0.1, 0.15) is 19.4 Å². The zero-order valence-electron chi connectivity index (χ0n) is 28.5. The molecule has 0 aromatic heterocycles. The minimum atomic E-state index is -3.25. The maximum atomic E-state index is 13.2. The van der Waals surface area contributed by atoms with Gasteiger partial charge in [-0.3, -0.25) is 9.79 Å². The SMILES string of the molecule is C=O.C=O.CC.CCC(C)/C(N=C(C)C)=C(/C)Cl.CCCNC(=O)Cc1ccc(F)c(C(C)(F)F)c1.Cc1ccc(C#N)cc1. The molecule has 45 heavy (non-hydrogen) atoms. The summed E-state index contributed by atoms with van der Waals surface area (Å²) in [6.45, 7) is 23.2. The molecule has 0 fully saturated rings. The molecule has 6 nitrogen and oxygen atoms in total. The summed E-state index contributed by atoms with van der Waals surface area (Å²) in [6.07, 6.45) is 1.85. The highest BCUT2D eigenvalue weighted by atomic mass is 35.5. The molecule has 0 saturated carbocycles. The molecule has 2 rings (SSSR count). The first-order valence-electron chi connectivity index (χ1n) is 14.5. The fourth-order valence-electron chi connectivity index (χ4n) is 3.12. The van der Waals surface area contributed by atoms with E-state index in [0.29, 0.717) is 24.9 Å². The molecule has 2 aromatic carbocycles. The minimum Gasteiger partial charge on any atom is -0.356 e. The van der Waals surface area contributed by atoms with Gasteiger partial charge in [0.05, 0.1) is 29.3 Å². The van der Waals surface area contributed by atoms with Gasteiger partial charge in [-0.05, 0) is 76.3 Å². The van der Waals surface area contributed by atoms with Gasteiger partial charge in [-0.1, -0.05) is 70.0 Å². The van der Waals surface area contributed by atoms with Crippen molar-refractivity contribution in [3.05, 3.63) is 81.3 Å². The highest BCUT2D eigenvalue weighted by molar-refractivity contribution is 6.29. The predicted octanol–water partition coefficient (Wildman–Crippen LogP) is 9.51. The van der Waals surface area contributed by atoms with Crippen LogP contribution in [-0.2, 0) is 26.7 Å². The van der Waals surface area contributed by atoms with Crippen LogP contribution in [-0.4, -0.2) is 31.7 Å². The number of nitrogens with zero attached hydrogens (tertiary/aromatic N) is 2. The highest BCUT2D eigenvalue weighted by Gasteiger charge is 2.28. The standard InChI is InChI=1S/C13H16F3NO.C10H18ClN.C8H7N.C2H6.2CH2O/c1-3-6-17-12(18)8-9-4-5-11(14)10(7-9)13(2,15)16;1-6-8(4)10(9(5)11)12-7(2)3;1-7-2-4-8(6-9)5-3-7;3*1-2/h4-5,7H,3,6,8H2,1-2H3,(H,17,18);8H,6H2,1-5H3;2-5H,1H3;1-2H3;2*1H2/b;10-9+;;;;. The van der Waals surface area contributed by atoms with Crippen LogP contribution in [0.15, 0.2) is 58.2 Å². The van der Waals surface area contributed by atoms with Crippen LogP contribution in [0, 0.1) is 30.0 Å². The van der Waals surface area contributed by atoms with Gasteiger partial charge in [0.15, 0.2) is 0 Å². The number of amides is 1. The third-order valence-corrected chi connectivity index (χ3v) is 5.59. The second kappa shape index (κ2) is 29.0. The summed E-state index contributed by atoms with van der Waals surface area (Å²) in [5, 5.41) is 11.8. The van der Waals surface area contributed by atoms with Crippen molar-refractivity contribution in [2.24, 2.45) is 10.9 Å². The number of alkyl halides is 2. The second-order valence-corrected chi connectivity index (χ2v) is 10.1. The monoisotopic (exact) mass is 653 g/mol. The number of benzene rings is 2. The molecule has 0 aliphatic rings. The molecule has 1 atom stereocenters. The Balaban J connectivity index is -0.000000271. The van der Waals surface area contributed by atoms with E-state index >= 15 is 0 Å². The van der Waals surface area contributed by atoms with E-state index in [0.717, 1.165) is 47.0 Å². The van der Waals surface area contributed by atoms with Gasteiger partial charge >= 0.3 is 0 Å². The summed E-state index contributed by atoms with van der Waals surface area (Å²) in [4.78, 5) is 31.8. The molecule has 0 radical (unpaired) electrons. The van der Waals surface area contributed by atoms with E-state index in [9.17, 15) is 18.0 Å². The molecular formula is C35H51ClF3N3O3. The zero-order valence-corrected chi connectivity index (χ0v) is 29.2. The Bertz CT molecular complexity index is 1180. The maximum Gasteiger partial charge on any atom is 0.273 e. The lowest BCUT2D eigenvalue weighted by Gasteiger charge is -2.13. The van der Waals surface area contributed by atoms with E-state index in [-0.39, 0.29) is 12.3 Å². The molecular weight excluding hydrogens is 603 g/mol. The fourth-order valence-corrected chi connectivity index (χ4v) is 3.35. The Morgan fingerprint density at radius 2 is 1.56 bits per heavy atom. The third kappa shape index (κ3) is 24.3. The molecule has 10 heteroatoms. The number of halogens is 4. The van der Waals surface area contributed by atoms with Crippen molar-refractivity contribution in [3.63, 3.8) is 0 Å². The van der Waals surface area contributed by atoms with Crippen LogP contribution in [0.2, 0.25) is 0 Å². The van der Waals surface area contributed by atoms with Crippen LogP contribution in [0.1, 0.15) is 97.4 Å². The Morgan fingerprint density at radius 1 is 1.04 bits per heavy atom. The fraction of sp³-hybridized carbons (Fsp3) is 0.457. The van der Waals surface area contributed by atoms with E-state index in [1.165, 1.54) is 11.6 Å². The van der Waals surface area contributed by atoms with Gasteiger partial charge in [0.25, 0.3) is 5.92 Å². The van der Waals surface area contributed by atoms with Crippen molar-refractivity contribution in [3.8, 4) is 6.07 Å². The summed E-state index contributed by atoms with van der Waals surface area (Å²) in [5.41, 5.74) is 3.70. The molecule has 0 heterocycles. The first-order chi connectivity index (χ1) is 21.2. The van der Waals surface area contributed by atoms with Crippen LogP contribution in [0.3, 0.4) is 0 Å². The summed E-state index contributed by atoms with van der Waals surface area (Å²) in [7, 11) is 0. The number of rotatable bonds is 8. The average molecular weight is 654 g/mol. The van der Waals surface area contributed by atoms with Crippen LogP contribution in [0.5, 0.6) is 0 Å². The number of hydrogen-bond acceptors (Lipinski definition) is 5. The van der Waals surface area contributed by atoms with Crippen molar-refractivity contribution in [2.75, 3.05) is 6.54 Å². The number of nitrogens with one attached hydrogen (secondary N) is 1. The topological polar surface area (TPSA) is 99.4 Å². The smallest absolute Gasteiger partial charge is 0.273 e. The van der Waals surface area contributed by atoms with Crippen molar-refractivity contribution in [2.45, 2.75) is 94.4 Å².